The van der Waals surface area contributed by atoms with Crippen LogP contribution in [0.1, 0.15) is 11.3 Å². The predicted molar refractivity (Wildman–Crippen MR) is 110 cm³/mol. The van der Waals surface area contributed by atoms with Crippen molar-refractivity contribution >= 4 is 23.2 Å². The zero-order chi connectivity index (χ0) is 20.3. The summed E-state index contributed by atoms with van der Waals surface area (Å²) in [6, 6.07) is 16.6. The lowest BCUT2D eigenvalue weighted by molar-refractivity contribution is -0.121. The number of rotatable bonds is 2. The molecule has 5 rings (SSSR count). The number of hydrazone groups is 1. The van der Waals surface area contributed by atoms with E-state index in [1.165, 1.54) is 4.90 Å². The monoisotopic (exact) mass is 389 g/mol. The van der Waals surface area contributed by atoms with Crippen LogP contribution in [0.5, 0.6) is 0 Å². The Hall–Kier alpha value is -4.01. The Labute approximate surface area is 166 Å². The van der Waals surface area contributed by atoms with Gasteiger partial charge in [0.1, 0.15) is 5.69 Å². The molecular weight excluding hydrogens is 370 g/mol. The van der Waals surface area contributed by atoms with Crippen molar-refractivity contribution in [2.24, 2.45) is 17.9 Å². The number of hydrogen-bond acceptors (Lipinski definition) is 6. The van der Waals surface area contributed by atoms with E-state index >= 15 is 0 Å². The SMILES string of the molecule is Cc1c(N2C(N)=NNC23C(=O)Nc2ccccc23)c(=O)n(-c2ccccc2)n1C. The smallest absolute Gasteiger partial charge is 0.295 e. The van der Waals surface area contributed by atoms with E-state index in [4.69, 9.17) is 5.73 Å². The lowest BCUT2D eigenvalue weighted by Gasteiger charge is -2.32. The highest BCUT2D eigenvalue weighted by atomic mass is 16.2. The molecule has 2 aliphatic heterocycles. The first kappa shape index (κ1) is 17.1. The Balaban J connectivity index is 1.77. The second-order valence-corrected chi connectivity index (χ2v) is 7.04. The number of fused-ring (bicyclic) bond motifs is 2. The molecule has 0 fully saturated rings. The van der Waals surface area contributed by atoms with Crippen LogP contribution in [0.3, 0.4) is 0 Å². The molecule has 1 atom stereocenters. The Bertz CT molecular complexity index is 1240. The molecule has 1 amide bonds. The first-order chi connectivity index (χ1) is 14.0. The average Bonchev–Trinajstić information content (AvgIpc) is 3.28. The van der Waals surface area contributed by atoms with E-state index in [9.17, 15) is 9.59 Å². The van der Waals surface area contributed by atoms with Crippen molar-refractivity contribution in [3.8, 4) is 5.69 Å². The van der Waals surface area contributed by atoms with Gasteiger partial charge in [-0.05, 0) is 25.1 Å². The van der Waals surface area contributed by atoms with Crippen molar-refractivity contribution in [2.75, 3.05) is 10.2 Å². The maximum Gasteiger partial charge on any atom is 0.295 e. The third-order valence-electron chi connectivity index (χ3n) is 5.54. The maximum atomic E-state index is 13.5. The number of amides is 1. The van der Waals surface area contributed by atoms with E-state index in [0.717, 1.165) is 0 Å². The summed E-state index contributed by atoms with van der Waals surface area (Å²) in [4.78, 5) is 28.1. The minimum Gasteiger partial charge on any atom is -0.368 e. The summed E-state index contributed by atoms with van der Waals surface area (Å²) in [6.45, 7) is 1.81. The van der Waals surface area contributed by atoms with E-state index in [-0.39, 0.29) is 23.1 Å². The largest absolute Gasteiger partial charge is 0.368 e. The van der Waals surface area contributed by atoms with Gasteiger partial charge in [-0.3, -0.25) is 24.6 Å². The van der Waals surface area contributed by atoms with Gasteiger partial charge >= 0.3 is 0 Å². The Kier molecular flexibility index (Phi) is 3.39. The fraction of sp³-hybridized carbons (Fsp3) is 0.150. The van der Waals surface area contributed by atoms with Crippen molar-refractivity contribution in [1.29, 1.82) is 0 Å². The van der Waals surface area contributed by atoms with Crippen LogP contribution in [0.15, 0.2) is 64.5 Å². The van der Waals surface area contributed by atoms with Gasteiger partial charge in [0.15, 0.2) is 0 Å². The van der Waals surface area contributed by atoms with Gasteiger partial charge in [-0.15, -0.1) is 5.10 Å². The van der Waals surface area contributed by atoms with E-state index in [1.54, 1.807) is 22.5 Å². The third kappa shape index (κ3) is 2.06. The van der Waals surface area contributed by atoms with Crippen LogP contribution < -0.4 is 26.9 Å². The molecule has 0 saturated carbocycles. The topological polar surface area (TPSA) is 110 Å². The summed E-state index contributed by atoms with van der Waals surface area (Å²) in [5.41, 5.74) is 10.3. The summed E-state index contributed by atoms with van der Waals surface area (Å²) in [6.07, 6.45) is 0. The van der Waals surface area contributed by atoms with Crippen molar-refractivity contribution in [1.82, 2.24) is 14.8 Å². The number of guanidine groups is 1. The summed E-state index contributed by atoms with van der Waals surface area (Å²) < 4.78 is 3.29. The lowest BCUT2D eigenvalue weighted by Crippen LogP contribution is -2.58. The fourth-order valence-electron chi connectivity index (χ4n) is 4.08. The van der Waals surface area contributed by atoms with Crippen LogP contribution in [0.25, 0.3) is 5.69 Å². The van der Waals surface area contributed by atoms with Crippen molar-refractivity contribution in [3.05, 3.63) is 76.2 Å². The van der Waals surface area contributed by atoms with Crippen LogP contribution in [-0.4, -0.2) is 21.2 Å². The minimum atomic E-state index is -1.42. The molecule has 0 saturated heterocycles. The standard InChI is InChI=1S/C20H19N7O2/c1-12-16(17(28)27(25(12)2)13-8-4-3-5-9-13)26-19(21)23-24-20(26)14-10-6-7-11-15(14)22-18(20)29/h3-11,24H,1-2H3,(H2,21,23)(H,22,29). The molecule has 0 bridgehead atoms. The zero-order valence-electron chi connectivity index (χ0n) is 15.9. The van der Waals surface area contributed by atoms with Crippen molar-refractivity contribution in [2.45, 2.75) is 12.6 Å². The fourth-order valence-corrected chi connectivity index (χ4v) is 4.08. The summed E-state index contributed by atoms with van der Waals surface area (Å²) in [7, 11) is 1.79. The number of benzene rings is 2. The lowest BCUT2D eigenvalue weighted by atomic mass is 9.99. The van der Waals surface area contributed by atoms with Crippen LogP contribution in [0, 0.1) is 6.92 Å². The van der Waals surface area contributed by atoms with Crippen LogP contribution in [0.4, 0.5) is 11.4 Å². The highest BCUT2D eigenvalue weighted by molar-refractivity contribution is 6.14. The molecule has 1 unspecified atom stereocenters. The quantitative estimate of drug-likeness (QED) is 0.604. The van der Waals surface area contributed by atoms with Gasteiger partial charge in [0.05, 0.1) is 11.4 Å². The number of hydrogen-bond donors (Lipinski definition) is 3. The second kappa shape index (κ2) is 5.74. The van der Waals surface area contributed by atoms with Crippen LogP contribution in [-0.2, 0) is 17.5 Å². The molecule has 1 aromatic heterocycles. The molecule has 4 N–H and O–H groups in total. The van der Waals surface area contributed by atoms with Gasteiger partial charge in [-0.2, -0.15) is 0 Å². The van der Waals surface area contributed by atoms with E-state index in [0.29, 0.717) is 22.6 Å². The van der Waals surface area contributed by atoms with Crippen LogP contribution >= 0.6 is 0 Å². The molecule has 1 spiro atoms. The average molecular weight is 389 g/mol. The summed E-state index contributed by atoms with van der Waals surface area (Å²) in [5, 5.41) is 6.98. The second-order valence-electron chi connectivity index (χ2n) is 7.04. The Morgan fingerprint density at radius 2 is 1.72 bits per heavy atom. The van der Waals surface area contributed by atoms with Crippen LogP contribution in [0.2, 0.25) is 0 Å². The van der Waals surface area contributed by atoms with Gasteiger partial charge in [0.25, 0.3) is 11.5 Å². The predicted octanol–water partition coefficient (Wildman–Crippen LogP) is 0.929. The molecular formula is C20H19N7O2. The van der Waals surface area contributed by atoms with Gasteiger partial charge in [0, 0.05) is 18.3 Å². The molecule has 0 aliphatic carbocycles. The van der Waals surface area contributed by atoms with E-state index < -0.39 is 5.66 Å². The highest BCUT2D eigenvalue weighted by Gasteiger charge is 2.57. The molecule has 2 aliphatic rings. The van der Waals surface area contributed by atoms with Gasteiger partial charge in [-0.1, -0.05) is 36.4 Å². The summed E-state index contributed by atoms with van der Waals surface area (Å²) >= 11 is 0. The van der Waals surface area contributed by atoms with Gasteiger partial charge in [-0.25, -0.2) is 4.68 Å². The highest BCUT2D eigenvalue weighted by Crippen LogP contribution is 2.42. The van der Waals surface area contributed by atoms with Crippen molar-refractivity contribution < 1.29 is 4.79 Å². The molecule has 9 heteroatoms. The first-order valence-electron chi connectivity index (χ1n) is 9.12. The number of nitrogens with one attached hydrogen (secondary N) is 2. The summed E-state index contributed by atoms with van der Waals surface area (Å²) in [5.74, 6) is -0.306. The molecule has 0 radical (unpaired) electrons. The maximum absolute atomic E-state index is 13.5. The number of para-hydroxylation sites is 2. The molecule has 3 aromatic rings. The molecule has 2 aromatic carbocycles. The number of nitrogens with two attached hydrogens (primary N) is 1. The van der Waals surface area contributed by atoms with E-state index in [1.807, 2.05) is 55.5 Å². The number of nitrogens with zero attached hydrogens (tertiary/aromatic N) is 4. The molecule has 9 nitrogen and oxygen atoms in total. The van der Waals surface area contributed by atoms with E-state index in [2.05, 4.69) is 15.8 Å². The Morgan fingerprint density at radius 1 is 1.03 bits per heavy atom. The Morgan fingerprint density at radius 3 is 2.48 bits per heavy atom. The number of aromatic nitrogens is 2. The first-order valence-corrected chi connectivity index (χ1v) is 9.12. The number of carbonyl (C=O) groups is 1. The molecule has 3 heterocycles. The number of anilines is 2. The minimum absolute atomic E-state index is 0.0443. The molecule has 146 valence electrons. The van der Waals surface area contributed by atoms with Gasteiger partial charge in [0.2, 0.25) is 11.6 Å². The normalized spacial score (nSPS) is 19.9. The molecule has 29 heavy (non-hydrogen) atoms. The third-order valence-corrected chi connectivity index (χ3v) is 5.54. The van der Waals surface area contributed by atoms with Gasteiger partial charge < -0.3 is 11.1 Å². The van der Waals surface area contributed by atoms with Crippen molar-refractivity contribution in [3.63, 3.8) is 0 Å². The number of carbonyl (C=O) groups excluding carboxylic acids is 1. The zero-order valence-corrected chi connectivity index (χ0v) is 15.9.